The highest BCUT2D eigenvalue weighted by atomic mass is 35.5. The summed E-state index contributed by atoms with van der Waals surface area (Å²) < 4.78 is 27.0. The van der Waals surface area contributed by atoms with Gasteiger partial charge in [0, 0.05) is 10.7 Å². The molecule has 0 saturated heterocycles. The van der Waals surface area contributed by atoms with E-state index in [1.54, 1.807) is 11.5 Å². The third-order valence-corrected chi connectivity index (χ3v) is 7.67. The van der Waals surface area contributed by atoms with Crippen LogP contribution < -0.4 is 10.0 Å². The minimum atomic E-state index is -4.06. The number of hydrogen-bond donors (Lipinski definition) is 3. The zero-order valence-electron chi connectivity index (χ0n) is 17.7. The molecule has 2 rings (SSSR count). The van der Waals surface area contributed by atoms with Gasteiger partial charge in [-0.05, 0) is 59.8 Å². The lowest BCUT2D eigenvalue weighted by Crippen LogP contribution is -2.39. The maximum atomic E-state index is 12.5. The van der Waals surface area contributed by atoms with Crippen molar-refractivity contribution in [2.24, 2.45) is 11.8 Å². The summed E-state index contributed by atoms with van der Waals surface area (Å²) in [6, 6.07) is 0.495. The second-order valence-corrected chi connectivity index (χ2v) is 11.5. The van der Waals surface area contributed by atoms with Gasteiger partial charge in [0.1, 0.15) is 4.21 Å². The van der Waals surface area contributed by atoms with E-state index in [0.717, 1.165) is 17.8 Å². The van der Waals surface area contributed by atoms with Crippen molar-refractivity contribution in [1.82, 2.24) is 10.0 Å². The van der Waals surface area contributed by atoms with Gasteiger partial charge in [-0.25, -0.2) is 17.9 Å². The molecular weight excluding hydrogens is 444 g/mol. The number of sulfonamides is 1. The van der Waals surface area contributed by atoms with Crippen molar-refractivity contribution >= 4 is 39.0 Å². The Labute approximate surface area is 187 Å². The summed E-state index contributed by atoms with van der Waals surface area (Å²) in [6.45, 7) is 11.9. The molecular formula is C21H29ClN2O4S2. The fourth-order valence-electron chi connectivity index (χ4n) is 2.67. The van der Waals surface area contributed by atoms with E-state index in [1.165, 1.54) is 6.07 Å². The molecule has 30 heavy (non-hydrogen) atoms. The third-order valence-electron chi connectivity index (χ3n) is 4.64. The first kappa shape index (κ1) is 24.7. The van der Waals surface area contributed by atoms with E-state index < -0.39 is 21.7 Å². The van der Waals surface area contributed by atoms with E-state index in [1.807, 2.05) is 24.6 Å². The van der Waals surface area contributed by atoms with Crippen molar-refractivity contribution in [3.05, 3.63) is 52.0 Å². The molecule has 0 aromatic carbocycles. The molecule has 0 atom stereocenters. The maximum Gasteiger partial charge on any atom is 0.333 e. The fraction of sp³-hybridized carbons (Fsp3) is 0.476. The van der Waals surface area contributed by atoms with Gasteiger partial charge in [-0.1, -0.05) is 52.0 Å². The number of urea groups is 1. The third kappa shape index (κ3) is 6.70. The van der Waals surface area contributed by atoms with Gasteiger partial charge in [-0.15, -0.1) is 11.3 Å². The average molecular weight is 473 g/mol. The van der Waals surface area contributed by atoms with Crippen molar-refractivity contribution in [1.29, 1.82) is 0 Å². The molecule has 0 aliphatic heterocycles. The molecule has 0 unspecified atom stereocenters. The summed E-state index contributed by atoms with van der Waals surface area (Å²) >= 11 is 7.24. The van der Waals surface area contributed by atoms with Crippen LogP contribution in [0.25, 0.3) is 0 Å². The van der Waals surface area contributed by atoms with E-state index >= 15 is 0 Å². The highest BCUT2D eigenvalue weighted by Gasteiger charge is 2.43. The Balaban J connectivity index is 2.06. The van der Waals surface area contributed by atoms with E-state index in [4.69, 9.17) is 11.6 Å². The summed E-state index contributed by atoms with van der Waals surface area (Å²) in [5.41, 5.74) is 0.598. The van der Waals surface area contributed by atoms with Crippen molar-refractivity contribution in [2.75, 3.05) is 0 Å². The molecule has 9 heteroatoms. The quantitative estimate of drug-likeness (QED) is 0.441. The number of hydrogen-bond acceptors (Lipinski definition) is 5. The van der Waals surface area contributed by atoms with Gasteiger partial charge in [-0.3, -0.25) is 0 Å². The Bertz CT molecular complexity index is 971. The minimum Gasteiger partial charge on any atom is -0.385 e. The molecule has 1 fully saturated rings. The summed E-state index contributed by atoms with van der Waals surface area (Å²) in [4.78, 5) is 12.3. The average Bonchev–Trinajstić information content (AvgIpc) is 3.16. The Morgan fingerprint density at radius 2 is 2.00 bits per heavy atom. The Morgan fingerprint density at radius 3 is 2.53 bits per heavy atom. The molecule has 1 aliphatic rings. The fourth-order valence-corrected chi connectivity index (χ4v) is 5.06. The largest absolute Gasteiger partial charge is 0.385 e. The predicted octanol–water partition coefficient (Wildman–Crippen LogP) is 4.98. The first-order chi connectivity index (χ1) is 13.8. The van der Waals surface area contributed by atoms with Crippen LogP contribution in [0.4, 0.5) is 4.79 Å². The van der Waals surface area contributed by atoms with Gasteiger partial charge in [0.05, 0.1) is 5.60 Å². The molecule has 0 bridgehead atoms. The molecule has 1 saturated carbocycles. The monoisotopic (exact) mass is 472 g/mol. The van der Waals surface area contributed by atoms with E-state index in [2.05, 4.69) is 25.7 Å². The van der Waals surface area contributed by atoms with Crippen molar-refractivity contribution in [3.63, 3.8) is 0 Å². The van der Waals surface area contributed by atoms with Gasteiger partial charge < -0.3 is 10.4 Å². The van der Waals surface area contributed by atoms with Crippen LogP contribution in [-0.4, -0.2) is 19.6 Å². The summed E-state index contributed by atoms with van der Waals surface area (Å²) in [6.07, 6.45) is 5.66. The predicted molar refractivity (Wildman–Crippen MR) is 122 cm³/mol. The molecule has 2 amide bonds. The zero-order chi connectivity index (χ0) is 22.7. The number of amides is 2. The molecule has 3 N–H and O–H groups in total. The molecule has 6 nitrogen and oxygen atoms in total. The second-order valence-electron chi connectivity index (χ2n) is 8.20. The number of carbonyl (C=O) groups excluding carboxylic acids is 1. The van der Waals surface area contributed by atoms with Crippen LogP contribution in [0.15, 0.2) is 50.7 Å². The van der Waals surface area contributed by atoms with Gasteiger partial charge in [0.25, 0.3) is 10.0 Å². The summed E-state index contributed by atoms with van der Waals surface area (Å²) in [5, 5.41) is 14.7. The molecule has 166 valence electrons. The zero-order valence-corrected chi connectivity index (χ0v) is 20.0. The van der Waals surface area contributed by atoms with Gasteiger partial charge in [0.2, 0.25) is 0 Å². The lowest BCUT2D eigenvalue weighted by molar-refractivity contribution is 0.152. The van der Waals surface area contributed by atoms with Crippen molar-refractivity contribution in [2.45, 2.75) is 56.8 Å². The molecule has 1 aromatic rings. The summed E-state index contributed by atoms with van der Waals surface area (Å²) in [5.74, 6) is 0.472. The molecule has 1 aliphatic carbocycles. The van der Waals surface area contributed by atoms with Crippen LogP contribution in [0.1, 0.15) is 52.5 Å². The lowest BCUT2D eigenvalue weighted by Gasteiger charge is -2.16. The van der Waals surface area contributed by atoms with Crippen LogP contribution in [0.2, 0.25) is 0 Å². The topological polar surface area (TPSA) is 95.5 Å². The van der Waals surface area contributed by atoms with E-state index in [-0.39, 0.29) is 15.8 Å². The Hall–Kier alpha value is -1.61. The minimum absolute atomic E-state index is 0.00902. The molecule has 1 heterocycles. The highest BCUT2D eigenvalue weighted by molar-refractivity contribution is 7.92. The number of halogens is 1. The molecule has 0 spiro atoms. The van der Waals surface area contributed by atoms with Crippen molar-refractivity contribution in [3.8, 4) is 0 Å². The normalized spacial score (nSPS) is 16.7. The second kappa shape index (κ2) is 9.68. The number of carbonyl (C=O) groups is 1. The molecule has 1 aromatic heterocycles. The summed E-state index contributed by atoms with van der Waals surface area (Å²) in [7, 11) is -4.06. The van der Waals surface area contributed by atoms with Crippen LogP contribution in [0, 0.1) is 11.8 Å². The maximum absolute atomic E-state index is 12.5. The first-order valence-corrected chi connectivity index (χ1v) is 12.5. The van der Waals surface area contributed by atoms with E-state index in [9.17, 15) is 18.3 Å². The number of rotatable bonds is 9. The first-order valence-electron chi connectivity index (χ1n) is 9.76. The number of allylic oxidation sites excluding steroid dienone is 4. The highest BCUT2D eigenvalue weighted by Crippen LogP contribution is 2.47. The number of thiophene rings is 1. The standard InChI is InChI=1S/C21H29ClN2O4S2/c1-13(2)6-7-17(22)11-18(14(3)4)15(5)23-20(25)24-30(27,28)19-10-16(12-29-19)21(26)8-9-21/h7,10-14,26H,5-6,8-9H2,1-4H3,(H2,23,24,25)/b17-7+,18-11-. The number of aliphatic hydroxyl groups is 1. The SMILES string of the molecule is C=C(NC(=O)NS(=O)(=O)c1cc(C2(O)CC2)cs1)/C(=C\C(Cl)=C/CC(C)C)C(C)C. The lowest BCUT2D eigenvalue weighted by atomic mass is 9.99. The smallest absolute Gasteiger partial charge is 0.333 e. The van der Waals surface area contributed by atoms with Crippen LogP contribution in [-0.2, 0) is 15.6 Å². The van der Waals surface area contributed by atoms with Gasteiger partial charge in [-0.2, -0.15) is 0 Å². The van der Waals surface area contributed by atoms with Crippen molar-refractivity contribution < 1.29 is 18.3 Å². The van der Waals surface area contributed by atoms with Crippen LogP contribution >= 0.6 is 22.9 Å². The van der Waals surface area contributed by atoms with Gasteiger partial charge >= 0.3 is 6.03 Å². The van der Waals surface area contributed by atoms with E-state index in [0.29, 0.717) is 34.9 Å². The Morgan fingerprint density at radius 1 is 1.37 bits per heavy atom. The Kier molecular flexibility index (Phi) is 7.96. The van der Waals surface area contributed by atoms with Crippen LogP contribution in [0.5, 0.6) is 0 Å². The van der Waals surface area contributed by atoms with Crippen LogP contribution in [0.3, 0.4) is 0 Å². The van der Waals surface area contributed by atoms with Gasteiger partial charge in [0.15, 0.2) is 0 Å². The molecule has 0 radical (unpaired) electrons. The number of nitrogens with one attached hydrogen (secondary N) is 2.